The van der Waals surface area contributed by atoms with Gasteiger partial charge < -0.3 is 14.8 Å². The van der Waals surface area contributed by atoms with Gasteiger partial charge >= 0.3 is 0 Å². The molecule has 0 fully saturated rings. The summed E-state index contributed by atoms with van der Waals surface area (Å²) in [5.74, 6) is 0.789. The molecule has 0 amide bonds. The van der Waals surface area contributed by atoms with Crippen molar-refractivity contribution in [3.63, 3.8) is 0 Å². The van der Waals surface area contributed by atoms with E-state index in [1.54, 1.807) is 13.3 Å². The zero-order valence-electron chi connectivity index (χ0n) is 11.3. The highest BCUT2D eigenvalue weighted by molar-refractivity contribution is 5.27. The molecule has 0 spiro atoms. The second kappa shape index (κ2) is 5.98. The molecular formula is C13H22N2O2. The van der Waals surface area contributed by atoms with Crippen LogP contribution in [0.2, 0.25) is 0 Å². The Hall–Kier alpha value is -1.13. The van der Waals surface area contributed by atoms with Gasteiger partial charge in [0.15, 0.2) is 0 Å². The average Bonchev–Trinajstić information content (AvgIpc) is 2.30. The molecule has 4 heteroatoms. The van der Waals surface area contributed by atoms with Gasteiger partial charge in [-0.05, 0) is 39.4 Å². The van der Waals surface area contributed by atoms with E-state index in [2.05, 4.69) is 10.3 Å². The van der Waals surface area contributed by atoms with Crippen molar-refractivity contribution >= 4 is 0 Å². The summed E-state index contributed by atoms with van der Waals surface area (Å²) in [4.78, 5) is 4.20. The predicted molar refractivity (Wildman–Crippen MR) is 68.3 cm³/mol. The van der Waals surface area contributed by atoms with Crippen molar-refractivity contribution in [3.8, 4) is 5.75 Å². The van der Waals surface area contributed by atoms with Gasteiger partial charge in [-0.25, -0.2) is 0 Å². The molecule has 1 rings (SSSR count). The molecule has 1 heterocycles. The third kappa shape index (κ3) is 3.41. The molecule has 0 aliphatic rings. The molecule has 0 aromatic carbocycles. The van der Waals surface area contributed by atoms with Crippen LogP contribution in [0.1, 0.15) is 32.4 Å². The molecule has 1 aromatic rings. The highest BCUT2D eigenvalue weighted by Crippen LogP contribution is 2.29. The van der Waals surface area contributed by atoms with Crippen LogP contribution in [0.15, 0.2) is 18.5 Å². The lowest BCUT2D eigenvalue weighted by Crippen LogP contribution is -2.39. The maximum atomic E-state index is 5.51. The second-order valence-electron chi connectivity index (χ2n) is 4.42. The zero-order valence-corrected chi connectivity index (χ0v) is 11.3. The van der Waals surface area contributed by atoms with Crippen molar-refractivity contribution in [1.82, 2.24) is 10.3 Å². The Balaban J connectivity index is 2.99. The summed E-state index contributed by atoms with van der Waals surface area (Å²) in [5, 5.41) is 3.26. The maximum absolute atomic E-state index is 5.51. The van der Waals surface area contributed by atoms with Crippen LogP contribution < -0.4 is 10.1 Å². The number of likely N-dealkylation sites (N-methyl/N-ethyl adjacent to an activating group) is 1. The molecule has 0 aliphatic heterocycles. The van der Waals surface area contributed by atoms with E-state index in [0.29, 0.717) is 6.61 Å². The Bertz CT molecular complexity index is 353. The summed E-state index contributed by atoms with van der Waals surface area (Å²) in [6.45, 7) is 6.69. The van der Waals surface area contributed by atoms with Crippen LogP contribution in [0.25, 0.3) is 0 Å². The largest absolute Gasteiger partial charge is 0.492 e. The molecule has 1 atom stereocenters. The number of nitrogens with zero attached hydrogens (tertiary/aromatic N) is 1. The molecule has 4 nitrogen and oxygen atoms in total. The summed E-state index contributed by atoms with van der Waals surface area (Å²) < 4.78 is 11.0. The van der Waals surface area contributed by atoms with E-state index < -0.39 is 0 Å². The second-order valence-corrected chi connectivity index (χ2v) is 4.42. The third-order valence-electron chi connectivity index (χ3n) is 2.89. The van der Waals surface area contributed by atoms with Crippen molar-refractivity contribution in [1.29, 1.82) is 0 Å². The number of aromatic nitrogens is 1. The molecule has 0 saturated carbocycles. The first-order chi connectivity index (χ1) is 8.05. The fraction of sp³-hybridized carbons (Fsp3) is 0.615. The molecule has 0 saturated heterocycles. The van der Waals surface area contributed by atoms with E-state index >= 15 is 0 Å². The van der Waals surface area contributed by atoms with E-state index in [4.69, 9.17) is 9.47 Å². The summed E-state index contributed by atoms with van der Waals surface area (Å²) in [6, 6.07) is 2.07. The van der Waals surface area contributed by atoms with Crippen molar-refractivity contribution in [2.24, 2.45) is 0 Å². The predicted octanol–water partition coefficient (Wildman–Crippen LogP) is 2.17. The van der Waals surface area contributed by atoms with Crippen LogP contribution in [-0.4, -0.2) is 31.3 Å². The number of ether oxygens (including phenoxy) is 2. The number of methoxy groups -OCH3 is 1. The molecule has 1 N–H and O–H groups in total. The summed E-state index contributed by atoms with van der Waals surface area (Å²) in [6.07, 6.45) is 3.56. The Kier molecular flexibility index (Phi) is 4.90. The standard InChI is InChI=1S/C13H22N2O2/c1-6-17-11-7-10(8-15-9-11)12(14-4)13(2,3)16-5/h7-9,12,14H,6H2,1-5H3. The lowest BCUT2D eigenvalue weighted by atomic mass is 9.93. The van der Waals surface area contributed by atoms with E-state index in [9.17, 15) is 0 Å². The Morgan fingerprint density at radius 3 is 2.65 bits per heavy atom. The molecule has 17 heavy (non-hydrogen) atoms. The molecular weight excluding hydrogens is 216 g/mol. The van der Waals surface area contributed by atoms with Gasteiger partial charge in [0.05, 0.1) is 24.4 Å². The van der Waals surface area contributed by atoms with Crippen LogP contribution in [0.5, 0.6) is 5.75 Å². The van der Waals surface area contributed by atoms with Gasteiger partial charge in [-0.15, -0.1) is 0 Å². The first-order valence-corrected chi connectivity index (χ1v) is 5.85. The first kappa shape index (κ1) is 13.9. The Labute approximate surface area is 103 Å². The molecule has 0 radical (unpaired) electrons. The fourth-order valence-corrected chi connectivity index (χ4v) is 1.87. The highest BCUT2D eigenvalue weighted by atomic mass is 16.5. The van der Waals surface area contributed by atoms with Crippen molar-refractivity contribution in [2.45, 2.75) is 32.4 Å². The highest BCUT2D eigenvalue weighted by Gasteiger charge is 2.29. The number of hydrogen-bond acceptors (Lipinski definition) is 4. The van der Waals surface area contributed by atoms with Crippen molar-refractivity contribution < 1.29 is 9.47 Å². The lowest BCUT2D eigenvalue weighted by Gasteiger charge is -2.33. The molecule has 1 unspecified atom stereocenters. The SMILES string of the molecule is CCOc1cncc(C(NC)C(C)(C)OC)c1. The van der Waals surface area contributed by atoms with E-state index in [1.165, 1.54) is 0 Å². The van der Waals surface area contributed by atoms with Gasteiger partial charge in [-0.2, -0.15) is 0 Å². The fourth-order valence-electron chi connectivity index (χ4n) is 1.87. The first-order valence-electron chi connectivity index (χ1n) is 5.85. The molecule has 96 valence electrons. The summed E-state index contributed by atoms with van der Waals surface area (Å²) in [7, 11) is 3.63. The van der Waals surface area contributed by atoms with Gasteiger partial charge in [0, 0.05) is 13.3 Å². The number of nitrogens with one attached hydrogen (secondary N) is 1. The molecule has 0 aliphatic carbocycles. The third-order valence-corrected chi connectivity index (χ3v) is 2.89. The van der Waals surface area contributed by atoms with Crippen molar-refractivity contribution in [3.05, 3.63) is 24.0 Å². The van der Waals surface area contributed by atoms with Gasteiger partial charge in [0.25, 0.3) is 0 Å². The van der Waals surface area contributed by atoms with E-state index in [0.717, 1.165) is 11.3 Å². The van der Waals surface area contributed by atoms with Gasteiger partial charge in [-0.1, -0.05) is 0 Å². The summed E-state index contributed by atoms with van der Waals surface area (Å²) >= 11 is 0. The summed E-state index contributed by atoms with van der Waals surface area (Å²) in [5.41, 5.74) is 0.756. The lowest BCUT2D eigenvalue weighted by molar-refractivity contribution is -0.00912. The Morgan fingerprint density at radius 1 is 1.41 bits per heavy atom. The van der Waals surface area contributed by atoms with Gasteiger partial charge in [0.2, 0.25) is 0 Å². The number of hydrogen-bond donors (Lipinski definition) is 1. The molecule has 0 bridgehead atoms. The monoisotopic (exact) mass is 238 g/mol. The number of rotatable bonds is 6. The maximum Gasteiger partial charge on any atom is 0.137 e. The van der Waals surface area contributed by atoms with Gasteiger partial charge in [-0.3, -0.25) is 4.98 Å². The van der Waals surface area contributed by atoms with Crippen molar-refractivity contribution in [2.75, 3.05) is 20.8 Å². The normalized spacial score (nSPS) is 13.5. The van der Waals surface area contributed by atoms with Gasteiger partial charge in [0.1, 0.15) is 5.75 Å². The van der Waals surface area contributed by atoms with Crippen LogP contribution in [0.4, 0.5) is 0 Å². The van der Waals surface area contributed by atoms with E-state index in [1.807, 2.05) is 40.1 Å². The topological polar surface area (TPSA) is 43.4 Å². The average molecular weight is 238 g/mol. The quantitative estimate of drug-likeness (QED) is 0.825. The van der Waals surface area contributed by atoms with Crippen LogP contribution in [0, 0.1) is 0 Å². The van der Waals surface area contributed by atoms with Crippen LogP contribution in [0.3, 0.4) is 0 Å². The van der Waals surface area contributed by atoms with Crippen LogP contribution in [-0.2, 0) is 4.74 Å². The smallest absolute Gasteiger partial charge is 0.137 e. The minimum Gasteiger partial charge on any atom is -0.492 e. The Morgan fingerprint density at radius 2 is 2.12 bits per heavy atom. The van der Waals surface area contributed by atoms with Crippen LogP contribution >= 0.6 is 0 Å². The number of pyridine rings is 1. The molecule has 1 aromatic heterocycles. The minimum atomic E-state index is -0.304. The van der Waals surface area contributed by atoms with E-state index in [-0.39, 0.29) is 11.6 Å². The minimum absolute atomic E-state index is 0.0698. The zero-order chi connectivity index (χ0) is 12.9.